The molecule has 0 N–H and O–H groups in total. The van der Waals surface area contributed by atoms with Gasteiger partial charge in [0.05, 0.1) is 5.56 Å². The smallest absolute Gasteiger partial charge is 0.363 e. The topological polar surface area (TPSA) is 3.24 Å². The number of alkyl halides is 3. The van der Waals surface area contributed by atoms with Crippen molar-refractivity contribution in [2.45, 2.75) is 39.0 Å². The molecule has 0 spiro atoms. The summed E-state index contributed by atoms with van der Waals surface area (Å²) in [5.41, 5.74) is 2.84. The Bertz CT molecular complexity index is 664. The van der Waals surface area contributed by atoms with E-state index in [1.165, 1.54) is 17.2 Å². The number of nitrogens with zero attached hydrogens (tertiary/aromatic N) is 1. The van der Waals surface area contributed by atoms with Crippen LogP contribution in [0.15, 0.2) is 42.5 Å². The zero-order valence-electron chi connectivity index (χ0n) is 12.6. The lowest BCUT2D eigenvalue weighted by Gasteiger charge is -2.22. The average Bonchev–Trinajstić information content (AvgIpc) is 2.89. The van der Waals surface area contributed by atoms with Gasteiger partial charge in [-0.3, -0.25) is 0 Å². The molecule has 0 saturated carbocycles. The number of hydrogen-bond acceptors (Lipinski definition) is 1. The minimum absolute atomic E-state index is 0.151. The molecule has 0 unspecified atom stereocenters. The molecule has 0 atom stereocenters. The van der Waals surface area contributed by atoms with Crippen molar-refractivity contribution in [2.75, 3.05) is 4.90 Å². The zero-order chi connectivity index (χ0) is 15.9. The second-order valence-corrected chi connectivity index (χ2v) is 6.05. The van der Waals surface area contributed by atoms with E-state index in [1.54, 1.807) is 26.0 Å². The lowest BCUT2D eigenvalue weighted by Crippen LogP contribution is -2.17. The maximum atomic E-state index is 13.3. The van der Waals surface area contributed by atoms with Crippen molar-refractivity contribution in [3.8, 4) is 0 Å². The molecular weight excluding hydrogens is 287 g/mol. The van der Waals surface area contributed by atoms with Crippen molar-refractivity contribution >= 4 is 5.69 Å². The molecule has 0 aromatic heterocycles. The molecule has 22 heavy (non-hydrogen) atoms. The van der Waals surface area contributed by atoms with Crippen LogP contribution < -0.4 is 4.90 Å². The third kappa shape index (κ3) is 2.70. The van der Waals surface area contributed by atoms with E-state index in [-0.39, 0.29) is 5.92 Å². The summed E-state index contributed by atoms with van der Waals surface area (Å²) in [6.45, 7) is 4.90. The highest BCUT2D eigenvalue weighted by atomic mass is 19.4. The molecule has 0 fully saturated rings. The summed E-state index contributed by atoms with van der Waals surface area (Å²) in [6.07, 6.45) is -4.32. The second-order valence-electron chi connectivity index (χ2n) is 6.05. The minimum Gasteiger partial charge on any atom is -0.363 e. The Morgan fingerprint density at radius 3 is 2.05 bits per heavy atom. The maximum absolute atomic E-state index is 13.3. The van der Waals surface area contributed by atoms with E-state index in [0.29, 0.717) is 24.3 Å². The summed E-state index contributed by atoms with van der Waals surface area (Å²) in [6, 6.07) is 12.7. The highest BCUT2D eigenvalue weighted by Gasteiger charge is 2.35. The zero-order valence-corrected chi connectivity index (χ0v) is 12.6. The van der Waals surface area contributed by atoms with Crippen LogP contribution in [0, 0.1) is 0 Å². The Morgan fingerprint density at radius 2 is 1.55 bits per heavy atom. The highest BCUT2D eigenvalue weighted by molar-refractivity contribution is 5.56. The van der Waals surface area contributed by atoms with E-state index in [4.69, 9.17) is 0 Å². The highest BCUT2D eigenvalue weighted by Crippen LogP contribution is 2.38. The normalized spacial score (nSPS) is 14.5. The van der Waals surface area contributed by atoms with Crippen LogP contribution in [0.3, 0.4) is 0 Å². The van der Waals surface area contributed by atoms with Gasteiger partial charge in [-0.05, 0) is 34.7 Å². The largest absolute Gasteiger partial charge is 0.416 e. The molecule has 0 bridgehead atoms. The number of halogens is 3. The van der Waals surface area contributed by atoms with Gasteiger partial charge < -0.3 is 4.90 Å². The fourth-order valence-corrected chi connectivity index (χ4v) is 3.01. The third-order valence-corrected chi connectivity index (χ3v) is 4.17. The predicted octanol–water partition coefficient (Wildman–Crippen LogP) is 5.35. The van der Waals surface area contributed by atoms with E-state index in [9.17, 15) is 13.2 Å². The minimum atomic E-state index is -4.32. The van der Waals surface area contributed by atoms with Gasteiger partial charge in [0, 0.05) is 18.8 Å². The molecule has 2 aromatic carbocycles. The summed E-state index contributed by atoms with van der Waals surface area (Å²) in [7, 11) is 0. The molecule has 1 nitrogen and oxygen atoms in total. The van der Waals surface area contributed by atoms with Crippen LogP contribution in [0.5, 0.6) is 0 Å². The van der Waals surface area contributed by atoms with Gasteiger partial charge in [0.1, 0.15) is 0 Å². The van der Waals surface area contributed by atoms with Gasteiger partial charge in [-0.25, -0.2) is 0 Å². The quantitative estimate of drug-likeness (QED) is 0.723. The first-order valence-corrected chi connectivity index (χ1v) is 7.39. The van der Waals surface area contributed by atoms with Gasteiger partial charge in [-0.2, -0.15) is 13.2 Å². The fourth-order valence-electron chi connectivity index (χ4n) is 3.01. The average molecular weight is 305 g/mol. The molecule has 4 heteroatoms. The van der Waals surface area contributed by atoms with Crippen molar-refractivity contribution in [3.63, 3.8) is 0 Å². The first-order valence-electron chi connectivity index (χ1n) is 7.39. The van der Waals surface area contributed by atoms with Crippen LogP contribution >= 0.6 is 0 Å². The summed E-state index contributed by atoms with van der Waals surface area (Å²) < 4.78 is 40.0. The van der Waals surface area contributed by atoms with Crippen LogP contribution in [0.25, 0.3) is 0 Å². The Morgan fingerprint density at radius 1 is 0.955 bits per heavy atom. The third-order valence-electron chi connectivity index (χ3n) is 4.17. The first-order chi connectivity index (χ1) is 10.4. The molecule has 1 aliphatic rings. The molecular formula is C18H18F3N. The van der Waals surface area contributed by atoms with Crippen molar-refractivity contribution in [1.82, 2.24) is 0 Å². The fraction of sp³-hybridized carbons (Fsp3) is 0.333. The standard InChI is InChI=1S/C18H18F3N/c1-12(2)16-8-7-15(9-17(16)18(19,20)21)22-10-13-5-3-4-6-14(13)11-22/h3-9,12H,10-11H2,1-2H3. The van der Waals surface area contributed by atoms with E-state index < -0.39 is 11.7 Å². The lowest BCUT2D eigenvalue weighted by atomic mass is 9.96. The SMILES string of the molecule is CC(C)c1ccc(N2Cc3ccccc3C2)cc1C(F)(F)F. The predicted molar refractivity (Wildman–Crippen MR) is 81.9 cm³/mol. The Kier molecular flexibility index (Phi) is 3.63. The molecule has 1 aliphatic heterocycles. The first kappa shape index (κ1) is 14.9. The Balaban J connectivity index is 1.97. The molecule has 3 rings (SSSR count). The van der Waals surface area contributed by atoms with Crippen LogP contribution in [0.1, 0.15) is 42.0 Å². The lowest BCUT2D eigenvalue weighted by molar-refractivity contribution is -0.138. The van der Waals surface area contributed by atoms with E-state index in [0.717, 1.165) is 0 Å². The van der Waals surface area contributed by atoms with Crippen LogP contribution in [0.2, 0.25) is 0 Å². The van der Waals surface area contributed by atoms with Crippen LogP contribution in [-0.4, -0.2) is 0 Å². The Labute approximate surface area is 128 Å². The van der Waals surface area contributed by atoms with Gasteiger partial charge in [-0.1, -0.05) is 44.2 Å². The monoisotopic (exact) mass is 305 g/mol. The number of anilines is 1. The van der Waals surface area contributed by atoms with Gasteiger partial charge >= 0.3 is 6.18 Å². The summed E-state index contributed by atoms with van der Waals surface area (Å²) in [4.78, 5) is 1.99. The van der Waals surface area contributed by atoms with Crippen molar-refractivity contribution in [2.24, 2.45) is 0 Å². The summed E-state index contributed by atoms with van der Waals surface area (Å²) >= 11 is 0. The van der Waals surface area contributed by atoms with Gasteiger partial charge in [-0.15, -0.1) is 0 Å². The van der Waals surface area contributed by atoms with Crippen LogP contribution in [-0.2, 0) is 19.3 Å². The number of fused-ring (bicyclic) bond motifs is 1. The van der Waals surface area contributed by atoms with Crippen molar-refractivity contribution in [3.05, 3.63) is 64.7 Å². The van der Waals surface area contributed by atoms with Crippen molar-refractivity contribution in [1.29, 1.82) is 0 Å². The molecule has 2 aromatic rings. The molecule has 0 radical (unpaired) electrons. The van der Waals surface area contributed by atoms with E-state index in [2.05, 4.69) is 0 Å². The number of rotatable bonds is 2. The molecule has 0 aliphatic carbocycles. The van der Waals surface area contributed by atoms with Crippen molar-refractivity contribution < 1.29 is 13.2 Å². The van der Waals surface area contributed by atoms with Gasteiger partial charge in [0.25, 0.3) is 0 Å². The van der Waals surface area contributed by atoms with E-state index >= 15 is 0 Å². The van der Waals surface area contributed by atoms with Gasteiger partial charge in [0.15, 0.2) is 0 Å². The second kappa shape index (κ2) is 5.34. The molecule has 116 valence electrons. The van der Waals surface area contributed by atoms with E-state index in [1.807, 2.05) is 29.2 Å². The van der Waals surface area contributed by atoms with Gasteiger partial charge in [0.2, 0.25) is 0 Å². The molecule has 0 saturated heterocycles. The van der Waals surface area contributed by atoms with Crippen LogP contribution in [0.4, 0.5) is 18.9 Å². The molecule has 0 amide bonds. The number of hydrogen-bond donors (Lipinski definition) is 0. The number of benzene rings is 2. The summed E-state index contributed by atoms with van der Waals surface area (Å²) in [5, 5.41) is 0. The summed E-state index contributed by atoms with van der Waals surface area (Å²) in [5.74, 6) is -0.151. The maximum Gasteiger partial charge on any atom is 0.416 e. The Hall–Kier alpha value is -1.97. The molecule has 1 heterocycles.